The van der Waals surface area contributed by atoms with Crippen molar-refractivity contribution in [2.75, 3.05) is 0 Å². The standard InChI is InChI=1S/C20H20N2/c1-15-8-7-9-16(14-15)20-21-18-12-5-6-13-19(18)22(20)17-10-3-2-4-11-17/h2-3,5-10,12-14,18-19H,4,11H2,1H3. The van der Waals surface area contributed by atoms with Crippen molar-refractivity contribution < 1.29 is 0 Å². The highest BCUT2D eigenvalue weighted by molar-refractivity contribution is 6.02. The summed E-state index contributed by atoms with van der Waals surface area (Å²) in [5.41, 5.74) is 3.86. The van der Waals surface area contributed by atoms with Crippen LogP contribution in [0.5, 0.6) is 0 Å². The lowest BCUT2D eigenvalue weighted by molar-refractivity contribution is 0.428. The van der Waals surface area contributed by atoms with E-state index in [1.54, 1.807) is 0 Å². The van der Waals surface area contributed by atoms with Crippen molar-refractivity contribution in [2.24, 2.45) is 4.99 Å². The molecule has 2 aliphatic carbocycles. The van der Waals surface area contributed by atoms with Crippen LogP contribution in [0.15, 0.2) is 77.5 Å². The Kier molecular flexibility index (Phi) is 3.30. The van der Waals surface area contributed by atoms with Crippen LogP contribution >= 0.6 is 0 Å². The molecular weight excluding hydrogens is 268 g/mol. The number of allylic oxidation sites excluding steroid dienone is 6. The number of aliphatic imine (C=N–C) groups is 1. The van der Waals surface area contributed by atoms with Crippen molar-refractivity contribution in [3.63, 3.8) is 0 Å². The number of nitrogens with zero attached hydrogens (tertiary/aromatic N) is 2. The summed E-state index contributed by atoms with van der Waals surface area (Å²) in [6.07, 6.45) is 17.6. The molecule has 110 valence electrons. The van der Waals surface area contributed by atoms with Crippen LogP contribution in [-0.4, -0.2) is 22.8 Å². The fraction of sp³-hybridized carbons (Fsp3) is 0.250. The summed E-state index contributed by atoms with van der Waals surface area (Å²) in [6, 6.07) is 9.21. The van der Waals surface area contributed by atoms with E-state index in [1.165, 1.54) is 16.8 Å². The molecule has 0 saturated heterocycles. The molecule has 0 aromatic heterocycles. The lowest BCUT2D eigenvalue weighted by Gasteiger charge is -2.31. The summed E-state index contributed by atoms with van der Waals surface area (Å²) in [4.78, 5) is 7.45. The Balaban J connectivity index is 1.79. The molecule has 0 saturated carbocycles. The smallest absolute Gasteiger partial charge is 0.136 e. The highest BCUT2D eigenvalue weighted by atomic mass is 15.3. The third kappa shape index (κ3) is 2.25. The van der Waals surface area contributed by atoms with Crippen LogP contribution in [-0.2, 0) is 0 Å². The maximum Gasteiger partial charge on any atom is 0.136 e. The molecule has 1 aromatic rings. The molecular formula is C20H20N2. The molecule has 0 N–H and O–H groups in total. The van der Waals surface area contributed by atoms with Gasteiger partial charge >= 0.3 is 0 Å². The molecule has 4 rings (SSSR count). The topological polar surface area (TPSA) is 15.6 Å². The number of hydrogen-bond acceptors (Lipinski definition) is 2. The Morgan fingerprint density at radius 2 is 2.05 bits per heavy atom. The van der Waals surface area contributed by atoms with Gasteiger partial charge in [0.2, 0.25) is 0 Å². The maximum absolute atomic E-state index is 5.02. The van der Waals surface area contributed by atoms with E-state index in [-0.39, 0.29) is 6.04 Å². The van der Waals surface area contributed by atoms with Crippen LogP contribution < -0.4 is 0 Å². The molecule has 1 aromatic carbocycles. The Morgan fingerprint density at radius 3 is 2.86 bits per heavy atom. The van der Waals surface area contributed by atoms with Gasteiger partial charge in [-0.05, 0) is 31.9 Å². The van der Waals surface area contributed by atoms with Gasteiger partial charge in [0.05, 0.1) is 12.1 Å². The van der Waals surface area contributed by atoms with Crippen LogP contribution in [0.2, 0.25) is 0 Å². The second-order valence-electron chi connectivity index (χ2n) is 6.07. The molecule has 0 amide bonds. The fourth-order valence-electron chi connectivity index (χ4n) is 3.40. The Morgan fingerprint density at radius 1 is 1.14 bits per heavy atom. The third-order valence-corrected chi connectivity index (χ3v) is 4.45. The summed E-state index contributed by atoms with van der Waals surface area (Å²) in [5.74, 6) is 1.11. The van der Waals surface area contributed by atoms with E-state index in [0.717, 1.165) is 18.7 Å². The Bertz CT molecular complexity index is 734. The van der Waals surface area contributed by atoms with Gasteiger partial charge in [0.1, 0.15) is 5.84 Å². The third-order valence-electron chi connectivity index (χ3n) is 4.45. The van der Waals surface area contributed by atoms with E-state index < -0.39 is 0 Å². The van der Waals surface area contributed by atoms with Crippen molar-refractivity contribution in [3.8, 4) is 0 Å². The number of hydrogen-bond donors (Lipinski definition) is 0. The van der Waals surface area contributed by atoms with Gasteiger partial charge in [0.15, 0.2) is 0 Å². The minimum absolute atomic E-state index is 0.229. The average molecular weight is 288 g/mol. The largest absolute Gasteiger partial charge is 0.321 e. The molecule has 2 heteroatoms. The molecule has 1 heterocycles. The minimum Gasteiger partial charge on any atom is -0.321 e. The fourth-order valence-corrected chi connectivity index (χ4v) is 3.40. The van der Waals surface area contributed by atoms with E-state index in [9.17, 15) is 0 Å². The van der Waals surface area contributed by atoms with Gasteiger partial charge in [-0.15, -0.1) is 0 Å². The van der Waals surface area contributed by atoms with Crippen LogP contribution in [0, 0.1) is 6.92 Å². The predicted octanol–water partition coefficient (Wildman–Crippen LogP) is 4.15. The maximum atomic E-state index is 5.02. The van der Waals surface area contributed by atoms with Crippen LogP contribution in [0.3, 0.4) is 0 Å². The van der Waals surface area contributed by atoms with E-state index in [0.29, 0.717) is 6.04 Å². The number of aryl methyl sites for hydroxylation is 1. The van der Waals surface area contributed by atoms with Gasteiger partial charge in [0.25, 0.3) is 0 Å². The summed E-state index contributed by atoms with van der Waals surface area (Å²) >= 11 is 0. The van der Waals surface area contributed by atoms with Crippen LogP contribution in [0.4, 0.5) is 0 Å². The quantitative estimate of drug-likeness (QED) is 0.798. The van der Waals surface area contributed by atoms with Crippen LogP contribution in [0.1, 0.15) is 24.0 Å². The first-order valence-electron chi connectivity index (χ1n) is 7.98. The summed E-state index contributed by atoms with van der Waals surface area (Å²) in [5, 5.41) is 0. The van der Waals surface area contributed by atoms with E-state index in [2.05, 4.69) is 78.6 Å². The first kappa shape index (κ1) is 13.3. The zero-order valence-electron chi connectivity index (χ0n) is 12.8. The summed E-state index contributed by atoms with van der Waals surface area (Å²) < 4.78 is 0. The zero-order chi connectivity index (χ0) is 14.9. The molecule has 3 aliphatic rings. The Labute approximate surface area is 131 Å². The second-order valence-corrected chi connectivity index (χ2v) is 6.07. The number of benzene rings is 1. The predicted molar refractivity (Wildman–Crippen MR) is 91.9 cm³/mol. The highest BCUT2D eigenvalue weighted by Crippen LogP contribution is 2.32. The molecule has 2 atom stereocenters. The van der Waals surface area contributed by atoms with Gasteiger partial charge in [-0.3, -0.25) is 4.99 Å². The van der Waals surface area contributed by atoms with Gasteiger partial charge in [0, 0.05) is 11.3 Å². The molecule has 2 nitrogen and oxygen atoms in total. The van der Waals surface area contributed by atoms with Crippen molar-refractivity contribution in [1.82, 2.24) is 4.90 Å². The van der Waals surface area contributed by atoms with Crippen molar-refractivity contribution in [3.05, 3.63) is 83.6 Å². The lowest BCUT2D eigenvalue weighted by Crippen LogP contribution is -2.38. The minimum atomic E-state index is 0.229. The van der Waals surface area contributed by atoms with Gasteiger partial charge in [-0.1, -0.05) is 60.2 Å². The van der Waals surface area contributed by atoms with E-state index in [1.807, 2.05) is 0 Å². The van der Waals surface area contributed by atoms with Crippen molar-refractivity contribution >= 4 is 5.84 Å². The van der Waals surface area contributed by atoms with Gasteiger partial charge in [-0.25, -0.2) is 0 Å². The van der Waals surface area contributed by atoms with E-state index >= 15 is 0 Å². The molecule has 2 unspecified atom stereocenters. The molecule has 0 fully saturated rings. The Hall–Kier alpha value is -2.35. The van der Waals surface area contributed by atoms with Crippen molar-refractivity contribution in [2.45, 2.75) is 31.8 Å². The highest BCUT2D eigenvalue weighted by Gasteiger charge is 2.36. The monoisotopic (exact) mass is 288 g/mol. The second kappa shape index (κ2) is 5.45. The summed E-state index contributed by atoms with van der Waals surface area (Å²) in [6.45, 7) is 2.14. The molecule has 0 radical (unpaired) electrons. The zero-order valence-corrected chi connectivity index (χ0v) is 12.8. The van der Waals surface area contributed by atoms with Gasteiger partial charge < -0.3 is 4.90 Å². The molecule has 0 bridgehead atoms. The number of amidine groups is 1. The first-order chi connectivity index (χ1) is 10.8. The first-order valence-corrected chi connectivity index (χ1v) is 7.98. The summed E-state index contributed by atoms with van der Waals surface area (Å²) in [7, 11) is 0. The molecule has 22 heavy (non-hydrogen) atoms. The van der Waals surface area contributed by atoms with Gasteiger partial charge in [-0.2, -0.15) is 0 Å². The molecule has 0 spiro atoms. The lowest BCUT2D eigenvalue weighted by atomic mass is 10.0. The van der Waals surface area contributed by atoms with E-state index in [4.69, 9.17) is 4.99 Å². The number of rotatable bonds is 2. The average Bonchev–Trinajstić information content (AvgIpc) is 2.95. The molecule has 1 aliphatic heterocycles. The van der Waals surface area contributed by atoms with Crippen molar-refractivity contribution in [1.29, 1.82) is 0 Å². The normalized spacial score (nSPS) is 26.0. The number of fused-ring (bicyclic) bond motifs is 1. The van der Waals surface area contributed by atoms with Crippen LogP contribution in [0.25, 0.3) is 0 Å². The SMILES string of the molecule is Cc1cccc(C2=NC3C=CC=CC3N2C2=CC=CCC2)c1.